The van der Waals surface area contributed by atoms with Crippen molar-refractivity contribution in [3.63, 3.8) is 0 Å². The molecule has 0 spiro atoms. The van der Waals surface area contributed by atoms with Crippen LogP contribution in [0.25, 0.3) is 10.2 Å². The Labute approximate surface area is 184 Å². The molecule has 0 unspecified atom stereocenters. The molecule has 1 fully saturated rings. The molecule has 2 aromatic carbocycles. The maximum absolute atomic E-state index is 13.3. The smallest absolute Gasteiger partial charge is 0.308 e. The number of sulfonamides is 1. The molecule has 162 valence electrons. The predicted octanol–water partition coefficient (Wildman–Crippen LogP) is 2.83. The van der Waals surface area contributed by atoms with E-state index in [1.165, 1.54) is 4.31 Å². The summed E-state index contributed by atoms with van der Waals surface area (Å²) < 4.78 is 30.2. The molecule has 9 heteroatoms. The summed E-state index contributed by atoms with van der Waals surface area (Å²) in [6.45, 7) is 2.30. The van der Waals surface area contributed by atoms with Gasteiger partial charge in [0, 0.05) is 32.6 Å². The van der Waals surface area contributed by atoms with Crippen LogP contribution >= 0.6 is 11.3 Å². The van der Waals surface area contributed by atoms with Crippen molar-refractivity contribution in [3.05, 3.63) is 57.7 Å². The average Bonchev–Trinajstić information content (AvgIpc) is 3.50. The minimum absolute atomic E-state index is 0.0654. The Hall–Kier alpha value is -2.65. The Morgan fingerprint density at radius 2 is 1.81 bits per heavy atom. The molecular formula is C22H23N3O4S2. The number of rotatable bonds is 5. The molecule has 5 rings (SSSR count). The highest BCUT2D eigenvalue weighted by Crippen LogP contribution is 2.33. The van der Waals surface area contributed by atoms with Gasteiger partial charge in [0.2, 0.25) is 5.91 Å². The van der Waals surface area contributed by atoms with Crippen molar-refractivity contribution < 1.29 is 13.2 Å². The number of aryl methyl sites for hydroxylation is 1. The first-order valence-electron chi connectivity index (χ1n) is 10.5. The Morgan fingerprint density at radius 1 is 1.03 bits per heavy atom. The largest absolute Gasteiger partial charge is 0.343 e. The summed E-state index contributed by atoms with van der Waals surface area (Å²) in [7, 11) is -3.72. The first-order chi connectivity index (χ1) is 14.9. The second-order valence-electron chi connectivity index (χ2n) is 7.94. The lowest BCUT2D eigenvalue weighted by Crippen LogP contribution is -2.29. The van der Waals surface area contributed by atoms with Crippen LogP contribution < -0.4 is 9.18 Å². The van der Waals surface area contributed by atoms with Gasteiger partial charge in [0.15, 0.2) is 0 Å². The van der Waals surface area contributed by atoms with Crippen LogP contribution in [0, 0.1) is 0 Å². The zero-order chi connectivity index (χ0) is 21.6. The van der Waals surface area contributed by atoms with Gasteiger partial charge >= 0.3 is 4.87 Å². The van der Waals surface area contributed by atoms with Crippen LogP contribution in [0.2, 0.25) is 0 Å². The van der Waals surface area contributed by atoms with E-state index in [-0.39, 0.29) is 22.1 Å². The number of hydrogen-bond donors (Lipinski definition) is 0. The molecule has 2 aliphatic heterocycles. The van der Waals surface area contributed by atoms with Crippen LogP contribution in [0.15, 0.2) is 52.2 Å². The normalized spacial score (nSPS) is 16.3. The van der Waals surface area contributed by atoms with Gasteiger partial charge in [-0.25, -0.2) is 8.42 Å². The van der Waals surface area contributed by atoms with Crippen molar-refractivity contribution in [2.75, 3.05) is 23.9 Å². The third-order valence-electron chi connectivity index (χ3n) is 6.08. The Morgan fingerprint density at radius 3 is 2.61 bits per heavy atom. The van der Waals surface area contributed by atoms with E-state index in [0.29, 0.717) is 35.4 Å². The minimum Gasteiger partial charge on any atom is -0.343 e. The van der Waals surface area contributed by atoms with Crippen LogP contribution in [-0.4, -0.2) is 43.4 Å². The fourth-order valence-corrected chi connectivity index (χ4v) is 7.00. The van der Waals surface area contributed by atoms with Crippen LogP contribution in [0.4, 0.5) is 5.69 Å². The predicted molar refractivity (Wildman–Crippen MR) is 121 cm³/mol. The number of hydrogen-bond acceptors (Lipinski definition) is 5. The molecule has 0 bridgehead atoms. The van der Waals surface area contributed by atoms with Crippen molar-refractivity contribution in [3.8, 4) is 0 Å². The molecule has 3 heterocycles. The monoisotopic (exact) mass is 457 g/mol. The van der Waals surface area contributed by atoms with E-state index < -0.39 is 10.0 Å². The van der Waals surface area contributed by atoms with Gasteiger partial charge in [0.05, 0.1) is 20.8 Å². The van der Waals surface area contributed by atoms with E-state index in [0.717, 1.165) is 42.8 Å². The summed E-state index contributed by atoms with van der Waals surface area (Å²) in [4.78, 5) is 26.7. The number of amides is 1. The van der Waals surface area contributed by atoms with Crippen molar-refractivity contribution in [2.45, 2.75) is 37.1 Å². The Balaban J connectivity index is 1.42. The first-order valence-corrected chi connectivity index (χ1v) is 12.7. The van der Waals surface area contributed by atoms with E-state index in [1.807, 2.05) is 29.2 Å². The zero-order valence-corrected chi connectivity index (χ0v) is 18.6. The highest BCUT2D eigenvalue weighted by atomic mass is 32.2. The molecule has 0 saturated carbocycles. The van der Waals surface area contributed by atoms with E-state index >= 15 is 0 Å². The van der Waals surface area contributed by atoms with Crippen LogP contribution in [-0.2, 0) is 27.8 Å². The summed E-state index contributed by atoms with van der Waals surface area (Å²) in [6.07, 6.45) is 3.03. The molecule has 7 nitrogen and oxygen atoms in total. The number of anilines is 1. The molecule has 31 heavy (non-hydrogen) atoms. The van der Waals surface area contributed by atoms with Gasteiger partial charge in [0.25, 0.3) is 10.0 Å². The minimum atomic E-state index is -3.72. The Kier molecular flexibility index (Phi) is 5.10. The summed E-state index contributed by atoms with van der Waals surface area (Å²) in [5.41, 5.74) is 2.41. The van der Waals surface area contributed by atoms with Gasteiger partial charge < -0.3 is 4.90 Å². The van der Waals surface area contributed by atoms with Gasteiger partial charge in [-0.2, -0.15) is 0 Å². The van der Waals surface area contributed by atoms with Crippen LogP contribution in [0.3, 0.4) is 0 Å². The van der Waals surface area contributed by atoms with Crippen molar-refractivity contribution in [2.24, 2.45) is 0 Å². The highest BCUT2D eigenvalue weighted by molar-refractivity contribution is 7.92. The molecule has 0 atom stereocenters. The van der Waals surface area contributed by atoms with Crippen LogP contribution in [0.1, 0.15) is 24.8 Å². The van der Waals surface area contributed by atoms with E-state index in [9.17, 15) is 18.0 Å². The number of carbonyl (C=O) groups is 1. The fourth-order valence-electron chi connectivity index (χ4n) is 4.44. The topological polar surface area (TPSA) is 79.7 Å². The molecule has 0 N–H and O–H groups in total. The van der Waals surface area contributed by atoms with E-state index in [4.69, 9.17) is 0 Å². The molecular weight excluding hydrogens is 434 g/mol. The van der Waals surface area contributed by atoms with Crippen LogP contribution in [0.5, 0.6) is 0 Å². The van der Waals surface area contributed by atoms with Gasteiger partial charge in [0.1, 0.15) is 0 Å². The van der Waals surface area contributed by atoms with Crippen molar-refractivity contribution in [1.29, 1.82) is 0 Å². The summed E-state index contributed by atoms with van der Waals surface area (Å²) in [5, 5.41) is 0. The molecule has 1 amide bonds. The maximum atomic E-state index is 13.3. The lowest BCUT2D eigenvalue weighted by molar-refractivity contribution is -0.130. The molecule has 2 aliphatic rings. The molecule has 1 saturated heterocycles. The molecule has 1 aromatic heterocycles. The maximum Gasteiger partial charge on any atom is 0.308 e. The van der Waals surface area contributed by atoms with E-state index in [2.05, 4.69) is 0 Å². The second kappa shape index (κ2) is 7.80. The summed E-state index contributed by atoms with van der Waals surface area (Å²) >= 11 is 1.02. The number of para-hydroxylation sites is 1. The number of nitrogens with zero attached hydrogens (tertiary/aromatic N) is 3. The highest BCUT2D eigenvalue weighted by Gasteiger charge is 2.31. The van der Waals surface area contributed by atoms with Crippen molar-refractivity contribution in [1.82, 2.24) is 9.47 Å². The summed E-state index contributed by atoms with van der Waals surface area (Å²) in [6, 6.07) is 12.3. The molecule has 3 aromatic rings. The zero-order valence-electron chi connectivity index (χ0n) is 17.0. The lowest BCUT2D eigenvalue weighted by atomic mass is 10.2. The molecule has 0 radical (unpaired) electrons. The first kappa shape index (κ1) is 20.3. The van der Waals surface area contributed by atoms with Gasteiger partial charge in [-0.05, 0) is 49.1 Å². The second-order valence-corrected chi connectivity index (χ2v) is 10.8. The van der Waals surface area contributed by atoms with Gasteiger partial charge in [-0.1, -0.05) is 29.5 Å². The quantitative estimate of drug-likeness (QED) is 0.590. The van der Waals surface area contributed by atoms with E-state index in [1.54, 1.807) is 22.8 Å². The third-order valence-corrected chi connectivity index (χ3v) is 8.83. The standard InChI is InChI=1S/C22H23N3O4S2/c26-21(23-11-3-4-12-23)10-13-24-19-8-7-17(15-20(19)30-22(24)27)31(28,29)25-14-9-16-5-1-2-6-18(16)25/h1-2,5-8,15H,3-4,9-14H2. The number of fused-ring (bicyclic) bond motifs is 2. The third kappa shape index (κ3) is 3.55. The van der Waals surface area contributed by atoms with Crippen molar-refractivity contribution >= 4 is 43.2 Å². The fraction of sp³-hybridized carbons (Fsp3) is 0.364. The number of likely N-dealkylation sites (tertiary alicyclic amines) is 1. The molecule has 0 aliphatic carbocycles. The summed E-state index contributed by atoms with van der Waals surface area (Å²) in [5.74, 6) is 0.0654. The van der Waals surface area contributed by atoms with Gasteiger partial charge in [-0.3, -0.25) is 18.5 Å². The SMILES string of the molecule is O=C(CCn1c(=O)sc2cc(S(=O)(=O)N3CCc4ccccc43)ccc21)N1CCCC1. The number of thiazole rings is 1. The average molecular weight is 458 g/mol. The van der Waals surface area contributed by atoms with Gasteiger partial charge in [-0.15, -0.1) is 0 Å². The number of carbonyl (C=O) groups excluding carboxylic acids is 1. The number of benzene rings is 2. The Bertz CT molecular complexity index is 1320. The lowest BCUT2D eigenvalue weighted by Gasteiger charge is -2.19. The number of aromatic nitrogens is 1.